The van der Waals surface area contributed by atoms with Crippen molar-refractivity contribution in [1.82, 2.24) is 0 Å². The van der Waals surface area contributed by atoms with Crippen LogP contribution in [0.15, 0.2) is 78.0 Å². The fourth-order valence-electron chi connectivity index (χ4n) is 1.65. The molecule has 0 heterocycles. The molecule has 0 spiro atoms. The quantitative estimate of drug-likeness (QED) is 0.202. The van der Waals surface area contributed by atoms with Crippen LogP contribution in [-0.4, -0.2) is 23.2 Å². The van der Waals surface area contributed by atoms with Gasteiger partial charge in [0.1, 0.15) is 0 Å². The van der Waals surface area contributed by atoms with Gasteiger partial charge in [0.2, 0.25) is 11.6 Å². The summed E-state index contributed by atoms with van der Waals surface area (Å²) < 4.78 is 0. The summed E-state index contributed by atoms with van der Waals surface area (Å²) in [5, 5.41) is 3.45. The van der Waals surface area contributed by atoms with E-state index in [9.17, 15) is 14.4 Å². The third-order valence-electron chi connectivity index (χ3n) is 2.94. The van der Waals surface area contributed by atoms with E-state index in [4.69, 9.17) is 0 Å². The number of ketones is 2. The molecule has 0 unspecified atom stereocenters. The number of carbonyl (C=O) groups is 3. The van der Waals surface area contributed by atoms with Gasteiger partial charge in [-0.2, -0.15) is 0 Å². The molecule has 2 rings (SSSR count). The highest BCUT2D eigenvalue weighted by molar-refractivity contribution is 6.49. The number of carbonyl (C=O) groups excluding carboxylic acids is 3. The van der Waals surface area contributed by atoms with Crippen LogP contribution in [0.25, 0.3) is 0 Å². The average molecular weight is 351 g/mol. The molecule has 0 saturated heterocycles. The molecule has 0 aromatic heterocycles. The second-order valence-corrected chi connectivity index (χ2v) is 5.59. The third-order valence-corrected chi connectivity index (χ3v) is 2.94. The molecule has 134 valence electrons. The molecule has 0 radical (unpaired) electrons. The van der Waals surface area contributed by atoms with Gasteiger partial charge in [-0.3, -0.25) is 9.59 Å². The topological polar surface area (TPSA) is 72.8 Å². The smallest absolute Gasteiger partial charge is 0.313 e. The van der Waals surface area contributed by atoms with E-state index < -0.39 is 17.5 Å². The zero-order valence-electron chi connectivity index (χ0n) is 15.1. The predicted molar refractivity (Wildman–Crippen MR) is 101 cm³/mol. The van der Waals surface area contributed by atoms with Crippen molar-refractivity contribution in [3.05, 3.63) is 83.9 Å². The van der Waals surface area contributed by atoms with Gasteiger partial charge in [-0.05, 0) is 20.8 Å². The maximum Gasteiger partial charge on any atom is 0.360 e. The Morgan fingerprint density at radius 3 is 1.46 bits per heavy atom. The van der Waals surface area contributed by atoms with Gasteiger partial charge in [0.05, 0.1) is 5.71 Å². The Morgan fingerprint density at radius 2 is 1.15 bits per heavy atom. The molecule has 2 aromatic rings. The van der Waals surface area contributed by atoms with Gasteiger partial charge in [0.15, 0.2) is 0 Å². The van der Waals surface area contributed by atoms with Crippen molar-refractivity contribution in [2.45, 2.75) is 20.8 Å². The van der Waals surface area contributed by atoms with Crippen molar-refractivity contribution in [3.8, 4) is 0 Å². The molecule has 0 aliphatic heterocycles. The first kappa shape index (κ1) is 20.7. The van der Waals surface area contributed by atoms with Crippen molar-refractivity contribution >= 4 is 23.2 Å². The molecule has 0 bridgehead atoms. The van der Waals surface area contributed by atoms with Gasteiger partial charge in [-0.1, -0.05) is 72.4 Å². The third kappa shape index (κ3) is 7.05. The molecule has 0 amide bonds. The molecule has 5 nitrogen and oxygen atoms in total. The van der Waals surface area contributed by atoms with Gasteiger partial charge in [-0.25, -0.2) is 4.79 Å². The normalized spacial score (nSPS) is 9.19. The van der Waals surface area contributed by atoms with Crippen LogP contribution in [0.3, 0.4) is 0 Å². The second kappa shape index (κ2) is 10.5. The summed E-state index contributed by atoms with van der Waals surface area (Å²) in [4.78, 5) is 38.6. The zero-order chi connectivity index (χ0) is 19.5. The monoisotopic (exact) mass is 351 g/mol. The molecule has 0 N–H and O–H groups in total. The minimum Gasteiger partial charge on any atom is -0.313 e. The number of rotatable bonds is 5. The lowest BCUT2D eigenvalue weighted by Gasteiger charge is -1.99. The largest absolute Gasteiger partial charge is 0.360 e. The molecular formula is C21H21NO4. The average Bonchev–Trinajstić information content (AvgIpc) is 2.66. The first-order chi connectivity index (χ1) is 12.3. The highest BCUT2D eigenvalue weighted by atomic mass is 16.7. The van der Waals surface area contributed by atoms with Gasteiger partial charge in [-0.15, -0.1) is 0 Å². The Hall–Kier alpha value is -3.34. The van der Waals surface area contributed by atoms with E-state index in [2.05, 4.69) is 16.6 Å². The number of oxime groups is 1. The Labute approximate surface area is 153 Å². The lowest BCUT2D eigenvalue weighted by Crippen LogP contribution is -2.14. The summed E-state index contributed by atoms with van der Waals surface area (Å²) in [7, 11) is 0. The van der Waals surface area contributed by atoms with Crippen LogP contribution < -0.4 is 0 Å². The van der Waals surface area contributed by atoms with Crippen LogP contribution >= 0.6 is 0 Å². The molecule has 26 heavy (non-hydrogen) atoms. The lowest BCUT2D eigenvalue weighted by atomic mass is 10.0. The highest BCUT2D eigenvalue weighted by Gasteiger charge is 2.17. The number of benzene rings is 2. The van der Waals surface area contributed by atoms with Gasteiger partial charge in [0, 0.05) is 16.7 Å². The molecule has 0 fully saturated rings. The maximum atomic E-state index is 11.8. The zero-order valence-corrected chi connectivity index (χ0v) is 15.1. The predicted octanol–water partition coefficient (Wildman–Crippen LogP) is 4.25. The van der Waals surface area contributed by atoms with Crippen LogP contribution in [-0.2, 0) is 9.63 Å². The molecule has 5 heteroatoms. The summed E-state index contributed by atoms with van der Waals surface area (Å²) >= 11 is 0. The number of hydrogen-bond acceptors (Lipinski definition) is 5. The summed E-state index contributed by atoms with van der Waals surface area (Å²) in [6.07, 6.45) is 0. The fraction of sp³-hybridized carbons (Fsp3) is 0.143. The summed E-state index contributed by atoms with van der Waals surface area (Å²) in [5.41, 5.74) is 1.91. The Kier molecular flexibility index (Phi) is 8.37. The van der Waals surface area contributed by atoms with Crippen molar-refractivity contribution in [1.29, 1.82) is 0 Å². The van der Waals surface area contributed by atoms with Crippen molar-refractivity contribution in [3.63, 3.8) is 0 Å². The minimum absolute atomic E-state index is 0.352. The standard InChI is InChI=1S/C14H10O2.C7H11NO2/c15-13(11-7-3-1-4-8-11)14(16)12-9-5-2-6-10-12;1-5(2)7(9)10-8-6(3)4/h1-10H;1H2,2-4H3. The van der Waals surface area contributed by atoms with Crippen molar-refractivity contribution in [2.24, 2.45) is 5.16 Å². The van der Waals surface area contributed by atoms with E-state index in [0.717, 1.165) is 0 Å². The summed E-state index contributed by atoms with van der Waals surface area (Å²) in [5.74, 6) is -1.42. The SMILES string of the molecule is C=C(C)C(=O)ON=C(C)C.O=C(C(=O)c1ccccc1)c1ccccc1. The molecule has 0 aliphatic carbocycles. The summed E-state index contributed by atoms with van der Waals surface area (Å²) in [6, 6.07) is 17.2. The van der Waals surface area contributed by atoms with E-state index >= 15 is 0 Å². The van der Waals surface area contributed by atoms with Crippen LogP contribution in [0.2, 0.25) is 0 Å². The number of Topliss-reactive ketones (excluding diaryl/α,β-unsaturated/α-hetero) is 2. The van der Waals surface area contributed by atoms with Gasteiger partial charge >= 0.3 is 5.97 Å². The van der Waals surface area contributed by atoms with E-state index in [1.54, 1.807) is 69.3 Å². The molecule has 0 aliphatic rings. The lowest BCUT2D eigenvalue weighted by molar-refractivity contribution is -0.138. The van der Waals surface area contributed by atoms with Crippen molar-refractivity contribution in [2.75, 3.05) is 0 Å². The molecular weight excluding hydrogens is 330 g/mol. The first-order valence-electron chi connectivity index (χ1n) is 7.90. The Bertz CT molecular complexity index is 755. The van der Waals surface area contributed by atoms with E-state index in [-0.39, 0.29) is 0 Å². The van der Waals surface area contributed by atoms with Crippen LogP contribution in [0.4, 0.5) is 0 Å². The Balaban J connectivity index is 0.000000294. The minimum atomic E-state index is -0.485. The molecule has 0 saturated carbocycles. The maximum absolute atomic E-state index is 11.8. The van der Waals surface area contributed by atoms with Gasteiger partial charge < -0.3 is 4.84 Å². The van der Waals surface area contributed by atoms with Crippen LogP contribution in [0, 0.1) is 0 Å². The fourth-order valence-corrected chi connectivity index (χ4v) is 1.65. The molecule has 0 atom stereocenters. The van der Waals surface area contributed by atoms with E-state index in [1.165, 1.54) is 0 Å². The second-order valence-electron chi connectivity index (χ2n) is 5.59. The molecule has 2 aromatic carbocycles. The summed E-state index contributed by atoms with van der Waals surface area (Å²) in [6.45, 7) is 8.44. The number of hydrogen-bond donors (Lipinski definition) is 0. The van der Waals surface area contributed by atoms with E-state index in [1.807, 2.05) is 12.1 Å². The Morgan fingerprint density at radius 1 is 0.769 bits per heavy atom. The van der Waals surface area contributed by atoms with Crippen LogP contribution in [0.5, 0.6) is 0 Å². The van der Waals surface area contributed by atoms with E-state index in [0.29, 0.717) is 22.4 Å². The highest BCUT2D eigenvalue weighted by Crippen LogP contribution is 2.07. The number of nitrogens with zero attached hydrogens (tertiary/aromatic N) is 1. The van der Waals surface area contributed by atoms with Crippen LogP contribution in [0.1, 0.15) is 41.5 Å². The van der Waals surface area contributed by atoms with Gasteiger partial charge in [0.25, 0.3) is 0 Å². The first-order valence-corrected chi connectivity index (χ1v) is 7.90. The van der Waals surface area contributed by atoms with Crippen molar-refractivity contribution < 1.29 is 19.2 Å².